The molecule has 0 spiro atoms. The average Bonchev–Trinajstić information content (AvgIpc) is 2.87. The molecule has 0 aliphatic rings. The van der Waals surface area contributed by atoms with E-state index < -0.39 is 6.04 Å². The third-order valence-electron chi connectivity index (χ3n) is 3.44. The Morgan fingerprint density at radius 1 is 1.26 bits per heavy atom. The molecule has 23 heavy (non-hydrogen) atoms. The fourth-order valence-corrected chi connectivity index (χ4v) is 3.03. The number of amides is 2. The van der Waals surface area contributed by atoms with E-state index in [1.165, 1.54) is 11.3 Å². The number of nitrogens with zero attached hydrogens (tertiary/aromatic N) is 2. The number of likely N-dealkylation sites (N-methyl/N-ethyl adjacent to an activating group) is 1. The molecule has 1 aromatic heterocycles. The number of aryl methyl sites for hydroxylation is 2. The van der Waals surface area contributed by atoms with Gasteiger partial charge in [-0.1, -0.05) is 17.7 Å². The monoisotopic (exact) mass is 331 g/mol. The zero-order chi connectivity index (χ0) is 17.0. The van der Waals surface area contributed by atoms with Crippen LogP contribution in [0, 0.1) is 13.8 Å². The molecule has 2 rings (SSSR count). The van der Waals surface area contributed by atoms with Gasteiger partial charge in [0.15, 0.2) is 4.80 Å². The maximum atomic E-state index is 12.3. The molecule has 1 atom stereocenters. The van der Waals surface area contributed by atoms with E-state index in [-0.39, 0.29) is 11.8 Å². The van der Waals surface area contributed by atoms with E-state index in [0.29, 0.717) is 16.9 Å². The molecule has 0 radical (unpaired) electrons. The lowest BCUT2D eigenvalue weighted by atomic mass is 10.1. The van der Waals surface area contributed by atoms with E-state index in [9.17, 15) is 9.59 Å². The predicted molar refractivity (Wildman–Crippen MR) is 91.5 cm³/mol. The van der Waals surface area contributed by atoms with Gasteiger partial charge in [0.1, 0.15) is 6.04 Å². The number of hydrogen-bond acceptors (Lipinski definition) is 3. The molecule has 1 heterocycles. The minimum atomic E-state index is -0.413. The number of benzene rings is 1. The molecular weight excluding hydrogens is 310 g/mol. The van der Waals surface area contributed by atoms with Gasteiger partial charge in [0.2, 0.25) is 5.91 Å². The molecule has 1 N–H and O–H groups in total. The maximum Gasteiger partial charge on any atom is 0.279 e. The fraction of sp³-hybridized carbons (Fsp3) is 0.353. The Kier molecular flexibility index (Phi) is 5.50. The summed E-state index contributed by atoms with van der Waals surface area (Å²) in [6.45, 7) is 8.14. The van der Waals surface area contributed by atoms with Crippen LogP contribution in [0.5, 0.6) is 0 Å². The molecule has 0 unspecified atom stereocenters. The van der Waals surface area contributed by atoms with Crippen molar-refractivity contribution >= 4 is 23.2 Å². The van der Waals surface area contributed by atoms with Crippen molar-refractivity contribution in [3.05, 3.63) is 51.3 Å². The molecule has 0 saturated carbocycles. The molecular formula is C17H21N3O2S. The Balaban J connectivity index is 2.37. The summed E-state index contributed by atoms with van der Waals surface area (Å²) < 4.78 is 1.75. The van der Waals surface area contributed by atoms with Gasteiger partial charge >= 0.3 is 0 Å². The van der Waals surface area contributed by atoms with Gasteiger partial charge in [0, 0.05) is 23.2 Å². The first-order valence-electron chi connectivity index (χ1n) is 7.54. The molecule has 2 amide bonds. The van der Waals surface area contributed by atoms with Crippen LogP contribution in [-0.2, 0) is 4.79 Å². The summed E-state index contributed by atoms with van der Waals surface area (Å²) in [7, 11) is 0. The molecule has 0 aliphatic heterocycles. The molecule has 122 valence electrons. The Bertz CT molecular complexity index is 772. The summed E-state index contributed by atoms with van der Waals surface area (Å²) in [5, 5.41) is 2.79. The summed E-state index contributed by atoms with van der Waals surface area (Å²) in [6, 6.07) is 6.88. The van der Waals surface area contributed by atoms with Gasteiger partial charge in [-0.15, -0.1) is 11.3 Å². The van der Waals surface area contributed by atoms with Crippen LogP contribution in [0.3, 0.4) is 0 Å². The third kappa shape index (κ3) is 4.16. The van der Waals surface area contributed by atoms with Crippen molar-refractivity contribution in [3.63, 3.8) is 0 Å². The van der Waals surface area contributed by atoms with Crippen LogP contribution in [-0.4, -0.2) is 22.9 Å². The van der Waals surface area contributed by atoms with Gasteiger partial charge in [0.25, 0.3) is 5.91 Å². The first kappa shape index (κ1) is 17.1. The minimum absolute atomic E-state index is 0.0884. The highest BCUT2D eigenvalue weighted by atomic mass is 32.1. The van der Waals surface area contributed by atoms with Gasteiger partial charge in [-0.3, -0.25) is 9.59 Å². The molecule has 0 aliphatic carbocycles. The summed E-state index contributed by atoms with van der Waals surface area (Å²) >= 11 is 1.40. The lowest BCUT2D eigenvalue weighted by Crippen LogP contribution is -2.34. The van der Waals surface area contributed by atoms with E-state index in [0.717, 1.165) is 10.4 Å². The summed E-state index contributed by atoms with van der Waals surface area (Å²) in [6.07, 6.45) is 1.85. The number of carbonyl (C=O) groups is 2. The smallest absolute Gasteiger partial charge is 0.279 e. The highest BCUT2D eigenvalue weighted by molar-refractivity contribution is 7.09. The van der Waals surface area contributed by atoms with Gasteiger partial charge in [0.05, 0.1) is 0 Å². The van der Waals surface area contributed by atoms with Crippen molar-refractivity contribution in [2.45, 2.75) is 33.7 Å². The van der Waals surface area contributed by atoms with Crippen molar-refractivity contribution in [1.82, 2.24) is 9.88 Å². The Labute approximate surface area is 139 Å². The lowest BCUT2D eigenvalue weighted by Gasteiger charge is -2.12. The second-order valence-corrected chi connectivity index (χ2v) is 6.60. The van der Waals surface area contributed by atoms with E-state index in [2.05, 4.69) is 10.3 Å². The number of nitrogens with one attached hydrogen (secondary N) is 1. The molecule has 6 heteroatoms. The van der Waals surface area contributed by atoms with Crippen LogP contribution < -0.4 is 10.1 Å². The fourth-order valence-electron chi connectivity index (χ4n) is 2.13. The van der Waals surface area contributed by atoms with Crippen LogP contribution in [0.4, 0.5) is 0 Å². The highest BCUT2D eigenvalue weighted by Crippen LogP contribution is 2.10. The molecule has 0 bridgehead atoms. The van der Waals surface area contributed by atoms with Crippen molar-refractivity contribution in [3.8, 4) is 0 Å². The predicted octanol–water partition coefficient (Wildman–Crippen LogP) is 2.60. The maximum absolute atomic E-state index is 12.3. The summed E-state index contributed by atoms with van der Waals surface area (Å²) in [4.78, 5) is 30.1. The standard InChI is InChI=1S/C17H21N3O2S/c1-5-18-15(21)13(4)20-10-12(3)23-17(20)19-16(22)14-8-6-11(2)7-9-14/h6-10,13H,5H2,1-4H3,(H,18,21)/t13-/m0/s1. The van der Waals surface area contributed by atoms with Crippen LogP contribution in [0.25, 0.3) is 0 Å². The largest absolute Gasteiger partial charge is 0.355 e. The van der Waals surface area contributed by atoms with Crippen molar-refractivity contribution in [2.75, 3.05) is 6.54 Å². The molecule has 5 nitrogen and oxygen atoms in total. The average molecular weight is 331 g/mol. The molecule has 0 saturated heterocycles. The quantitative estimate of drug-likeness (QED) is 0.936. The number of hydrogen-bond donors (Lipinski definition) is 1. The van der Waals surface area contributed by atoms with Gasteiger partial charge in [-0.2, -0.15) is 4.99 Å². The Morgan fingerprint density at radius 2 is 1.91 bits per heavy atom. The van der Waals surface area contributed by atoms with Gasteiger partial charge in [-0.25, -0.2) is 0 Å². The Hall–Kier alpha value is -2.21. The summed E-state index contributed by atoms with van der Waals surface area (Å²) in [5.74, 6) is -0.391. The van der Waals surface area contributed by atoms with E-state index in [1.54, 1.807) is 23.6 Å². The van der Waals surface area contributed by atoms with Gasteiger partial charge < -0.3 is 9.88 Å². The first-order valence-corrected chi connectivity index (χ1v) is 8.36. The number of rotatable bonds is 4. The van der Waals surface area contributed by atoms with E-state index in [1.807, 2.05) is 39.1 Å². The molecule has 2 aromatic rings. The van der Waals surface area contributed by atoms with E-state index in [4.69, 9.17) is 0 Å². The summed E-state index contributed by atoms with van der Waals surface area (Å²) in [5.41, 5.74) is 1.63. The normalized spacial score (nSPS) is 13.0. The van der Waals surface area contributed by atoms with Crippen molar-refractivity contribution < 1.29 is 9.59 Å². The number of aromatic nitrogens is 1. The van der Waals surface area contributed by atoms with Gasteiger partial charge in [-0.05, 0) is 39.8 Å². The van der Waals surface area contributed by atoms with E-state index >= 15 is 0 Å². The number of thiazole rings is 1. The third-order valence-corrected chi connectivity index (χ3v) is 4.35. The Morgan fingerprint density at radius 3 is 2.52 bits per heavy atom. The van der Waals surface area contributed by atoms with Crippen LogP contribution >= 0.6 is 11.3 Å². The molecule has 0 fully saturated rings. The minimum Gasteiger partial charge on any atom is -0.355 e. The second kappa shape index (κ2) is 7.37. The second-order valence-electron chi connectivity index (χ2n) is 5.39. The first-order chi connectivity index (χ1) is 10.9. The van der Waals surface area contributed by atoms with Crippen LogP contribution in [0.15, 0.2) is 35.5 Å². The topological polar surface area (TPSA) is 63.5 Å². The lowest BCUT2D eigenvalue weighted by molar-refractivity contribution is -0.123. The SMILES string of the molecule is CCNC(=O)[C@H](C)n1cc(C)sc1=NC(=O)c1ccc(C)cc1. The molecule has 1 aromatic carbocycles. The van der Waals surface area contributed by atoms with Crippen LogP contribution in [0.1, 0.15) is 40.7 Å². The zero-order valence-corrected chi connectivity index (χ0v) is 14.6. The zero-order valence-electron chi connectivity index (χ0n) is 13.8. The van der Waals surface area contributed by atoms with Crippen molar-refractivity contribution in [1.29, 1.82) is 0 Å². The van der Waals surface area contributed by atoms with Crippen molar-refractivity contribution in [2.24, 2.45) is 4.99 Å². The van der Waals surface area contributed by atoms with Crippen LogP contribution in [0.2, 0.25) is 0 Å². The number of carbonyl (C=O) groups excluding carboxylic acids is 2. The highest BCUT2D eigenvalue weighted by Gasteiger charge is 2.16.